The summed E-state index contributed by atoms with van der Waals surface area (Å²) in [5.74, 6) is -1.27. The van der Waals surface area contributed by atoms with Crippen LogP contribution in [0.1, 0.15) is 44.9 Å². The normalized spacial score (nSPS) is 17.0. The highest BCUT2D eigenvalue weighted by Crippen LogP contribution is 2.34. The zero-order chi connectivity index (χ0) is 21.1. The van der Waals surface area contributed by atoms with Crippen LogP contribution < -0.4 is 10.1 Å². The number of halogens is 3. The van der Waals surface area contributed by atoms with Crippen molar-refractivity contribution in [2.24, 2.45) is 0 Å². The Labute approximate surface area is 162 Å². The van der Waals surface area contributed by atoms with Crippen LogP contribution in [0.2, 0.25) is 0 Å². The van der Waals surface area contributed by atoms with Gasteiger partial charge in [-0.2, -0.15) is 13.2 Å². The Morgan fingerprint density at radius 2 is 1.93 bits per heavy atom. The molecule has 2 rings (SSSR count). The fourth-order valence-electron chi connectivity index (χ4n) is 2.97. The van der Waals surface area contributed by atoms with E-state index >= 15 is 0 Å². The lowest BCUT2D eigenvalue weighted by Crippen LogP contribution is -2.45. The second-order valence-corrected chi connectivity index (χ2v) is 7.56. The number of ether oxygens (including phenoxy) is 2. The van der Waals surface area contributed by atoms with Crippen molar-refractivity contribution < 1.29 is 32.2 Å². The minimum atomic E-state index is -4.88. The molecule has 1 aromatic carbocycles. The summed E-state index contributed by atoms with van der Waals surface area (Å²) in [6, 6.07) is 4.41. The molecule has 1 aromatic rings. The molecule has 6 nitrogen and oxygen atoms in total. The monoisotopic (exact) mass is 402 g/mol. The summed E-state index contributed by atoms with van der Waals surface area (Å²) in [5, 5.41) is 2.57. The van der Waals surface area contributed by atoms with E-state index in [9.17, 15) is 22.8 Å². The van der Waals surface area contributed by atoms with E-state index < -0.39 is 29.8 Å². The van der Waals surface area contributed by atoms with Crippen LogP contribution in [0.5, 0.6) is 5.75 Å². The van der Waals surface area contributed by atoms with Crippen molar-refractivity contribution in [2.75, 3.05) is 19.7 Å². The average molecular weight is 402 g/mol. The highest BCUT2D eigenvalue weighted by Gasteiger charge is 2.45. The number of amides is 2. The number of fused-ring (bicyclic) bond motifs is 1. The largest absolute Gasteiger partial charge is 0.492 e. The molecule has 1 aliphatic rings. The lowest BCUT2D eigenvalue weighted by atomic mass is 9.93. The molecule has 0 saturated heterocycles. The predicted octanol–water partition coefficient (Wildman–Crippen LogP) is 3.60. The van der Waals surface area contributed by atoms with Gasteiger partial charge in [-0.3, -0.25) is 4.79 Å². The van der Waals surface area contributed by atoms with Gasteiger partial charge in [0.2, 0.25) is 0 Å². The fourth-order valence-corrected chi connectivity index (χ4v) is 2.97. The Morgan fingerprint density at radius 3 is 2.54 bits per heavy atom. The van der Waals surface area contributed by atoms with Crippen LogP contribution >= 0.6 is 0 Å². The maximum atomic E-state index is 12.7. The second kappa shape index (κ2) is 8.28. The van der Waals surface area contributed by atoms with Crippen molar-refractivity contribution in [1.82, 2.24) is 10.2 Å². The van der Waals surface area contributed by atoms with Gasteiger partial charge in [-0.15, -0.1) is 0 Å². The standard InChI is InChI=1S/C19H25F3N2O4/c1-12-15-6-5-14(27-10-8-23-17(26)28-18(2,3)4)11-13(15)7-9-24(12)16(25)19(20,21)22/h5-6,11-12H,7-10H2,1-4H3,(H,23,26). The van der Waals surface area contributed by atoms with Gasteiger partial charge in [0.1, 0.15) is 18.0 Å². The Kier molecular flexibility index (Phi) is 6.46. The number of carbonyl (C=O) groups excluding carboxylic acids is 2. The Hall–Kier alpha value is -2.45. The zero-order valence-corrected chi connectivity index (χ0v) is 16.4. The number of alkyl carbamates (subject to hydrolysis) is 1. The van der Waals surface area contributed by atoms with Crippen LogP contribution in [0.3, 0.4) is 0 Å². The summed E-state index contributed by atoms with van der Waals surface area (Å²) in [7, 11) is 0. The molecule has 0 spiro atoms. The molecule has 28 heavy (non-hydrogen) atoms. The fraction of sp³-hybridized carbons (Fsp3) is 0.579. The lowest BCUT2D eigenvalue weighted by molar-refractivity contribution is -0.188. The molecule has 0 saturated carbocycles. The summed E-state index contributed by atoms with van der Waals surface area (Å²) in [6.45, 7) is 7.33. The molecule has 0 radical (unpaired) electrons. The van der Waals surface area contributed by atoms with Crippen molar-refractivity contribution in [1.29, 1.82) is 0 Å². The molecule has 0 fully saturated rings. The van der Waals surface area contributed by atoms with Gasteiger partial charge in [0.15, 0.2) is 0 Å². The maximum absolute atomic E-state index is 12.7. The molecule has 1 unspecified atom stereocenters. The van der Waals surface area contributed by atoms with Gasteiger partial charge in [0, 0.05) is 6.54 Å². The Bertz CT molecular complexity index is 729. The van der Waals surface area contributed by atoms with Crippen LogP contribution in [0.4, 0.5) is 18.0 Å². The van der Waals surface area contributed by atoms with Crippen molar-refractivity contribution >= 4 is 12.0 Å². The summed E-state index contributed by atoms with van der Waals surface area (Å²) in [4.78, 5) is 23.9. The lowest BCUT2D eigenvalue weighted by Gasteiger charge is -2.35. The van der Waals surface area contributed by atoms with E-state index in [1.807, 2.05) is 0 Å². The molecule has 1 N–H and O–H groups in total. The van der Waals surface area contributed by atoms with E-state index in [0.29, 0.717) is 17.7 Å². The first-order chi connectivity index (χ1) is 12.9. The number of nitrogens with one attached hydrogen (secondary N) is 1. The number of nitrogens with zero attached hydrogens (tertiary/aromatic N) is 1. The van der Waals surface area contributed by atoms with Gasteiger partial charge in [-0.1, -0.05) is 6.07 Å². The molecule has 1 atom stereocenters. The molecule has 1 aliphatic heterocycles. The van der Waals surface area contributed by atoms with Crippen molar-refractivity contribution in [2.45, 2.75) is 51.9 Å². The molecule has 156 valence electrons. The van der Waals surface area contributed by atoms with Crippen LogP contribution in [-0.2, 0) is 16.0 Å². The summed E-state index contributed by atoms with van der Waals surface area (Å²) in [5.41, 5.74) is 0.932. The Balaban J connectivity index is 1.91. The van der Waals surface area contributed by atoms with Crippen LogP contribution in [0.15, 0.2) is 18.2 Å². The molecular weight excluding hydrogens is 377 g/mol. The van der Waals surface area contributed by atoms with Crippen molar-refractivity contribution in [3.8, 4) is 5.75 Å². The topological polar surface area (TPSA) is 67.9 Å². The molecule has 0 aromatic heterocycles. The third kappa shape index (κ3) is 5.77. The van der Waals surface area contributed by atoms with Crippen molar-refractivity contribution in [3.63, 3.8) is 0 Å². The molecule has 9 heteroatoms. The number of rotatable bonds is 4. The third-order valence-electron chi connectivity index (χ3n) is 4.20. The second-order valence-electron chi connectivity index (χ2n) is 7.56. The smallest absolute Gasteiger partial charge is 0.471 e. The number of hydrogen-bond donors (Lipinski definition) is 1. The zero-order valence-electron chi connectivity index (χ0n) is 16.4. The first kappa shape index (κ1) is 21.8. The van der Waals surface area contributed by atoms with Gasteiger partial charge < -0.3 is 19.7 Å². The number of carbonyl (C=O) groups is 2. The summed E-state index contributed by atoms with van der Waals surface area (Å²) < 4.78 is 48.9. The third-order valence-corrected chi connectivity index (χ3v) is 4.20. The number of hydrogen-bond acceptors (Lipinski definition) is 4. The van der Waals surface area contributed by atoms with E-state index in [1.165, 1.54) is 0 Å². The van der Waals surface area contributed by atoms with E-state index in [1.54, 1.807) is 45.9 Å². The summed E-state index contributed by atoms with van der Waals surface area (Å²) in [6.07, 6.45) is -5.10. The van der Waals surface area contributed by atoms with Crippen LogP contribution in [0, 0.1) is 0 Å². The molecule has 0 bridgehead atoms. The van der Waals surface area contributed by atoms with E-state index in [2.05, 4.69) is 5.32 Å². The average Bonchev–Trinajstić information content (AvgIpc) is 2.56. The highest BCUT2D eigenvalue weighted by molar-refractivity contribution is 5.82. The predicted molar refractivity (Wildman–Crippen MR) is 96.1 cm³/mol. The van der Waals surface area contributed by atoms with Gasteiger partial charge >= 0.3 is 18.2 Å². The highest BCUT2D eigenvalue weighted by atomic mass is 19.4. The van der Waals surface area contributed by atoms with Crippen molar-refractivity contribution in [3.05, 3.63) is 29.3 Å². The molecular formula is C19H25F3N2O4. The van der Waals surface area contributed by atoms with Gasteiger partial charge in [-0.25, -0.2) is 4.79 Å². The first-order valence-corrected chi connectivity index (χ1v) is 8.99. The van der Waals surface area contributed by atoms with E-state index in [4.69, 9.17) is 9.47 Å². The van der Waals surface area contributed by atoms with Crippen LogP contribution in [-0.4, -0.2) is 48.4 Å². The quantitative estimate of drug-likeness (QED) is 0.782. The summed E-state index contributed by atoms with van der Waals surface area (Å²) >= 11 is 0. The van der Waals surface area contributed by atoms with E-state index in [-0.39, 0.29) is 19.7 Å². The first-order valence-electron chi connectivity index (χ1n) is 8.99. The maximum Gasteiger partial charge on any atom is 0.471 e. The minimum Gasteiger partial charge on any atom is -0.492 e. The van der Waals surface area contributed by atoms with Gasteiger partial charge in [0.05, 0.1) is 12.6 Å². The molecule has 1 heterocycles. The number of alkyl halides is 3. The minimum absolute atomic E-state index is 0.00381. The SMILES string of the molecule is CC1c2ccc(OCCNC(=O)OC(C)(C)C)cc2CCN1C(=O)C(F)(F)F. The Morgan fingerprint density at radius 1 is 1.25 bits per heavy atom. The molecule has 2 amide bonds. The molecule has 0 aliphatic carbocycles. The number of benzene rings is 1. The van der Waals surface area contributed by atoms with E-state index in [0.717, 1.165) is 10.5 Å². The van der Waals surface area contributed by atoms with Gasteiger partial charge in [-0.05, 0) is 57.4 Å². The van der Waals surface area contributed by atoms with Gasteiger partial charge in [0.25, 0.3) is 0 Å². The van der Waals surface area contributed by atoms with Crippen LogP contribution in [0.25, 0.3) is 0 Å².